The third-order valence-corrected chi connectivity index (χ3v) is 5.87. The molecular formula is C21H23N5O3S. The van der Waals surface area contributed by atoms with Gasteiger partial charge in [0.15, 0.2) is 6.61 Å². The van der Waals surface area contributed by atoms with Gasteiger partial charge in [-0.1, -0.05) is 29.5 Å². The molecule has 0 atom stereocenters. The Kier molecular flexibility index (Phi) is 5.74. The number of esters is 1. The Balaban J connectivity index is 1.59. The summed E-state index contributed by atoms with van der Waals surface area (Å²) in [7, 11) is 0. The van der Waals surface area contributed by atoms with Crippen LogP contribution in [0.3, 0.4) is 0 Å². The molecule has 0 spiro atoms. The van der Waals surface area contributed by atoms with E-state index in [1.165, 1.54) is 11.3 Å². The molecular weight excluding hydrogens is 402 g/mol. The number of carbonyl (C=O) groups excluding carboxylic acids is 2. The number of aryl methyl sites for hydroxylation is 1. The topological polar surface area (TPSA) is 97.3 Å². The zero-order valence-electron chi connectivity index (χ0n) is 17.1. The number of hydrogen-bond acceptors (Lipinski definition) is 8. The maximum absolute atomic E-state index is 13.1. The maximum atomic E-state index is 13.1. The summed E-state index contributed by atoms with van der Waals surface area (Å²) in [6.45, 7) is 7.20. The summed E-state index contributed by atoms with van der Waals surface area (Å²) in [5, 5.41) is 12.2. The molecule has 0 fully saturated rings. The molecule has 9 heteroatoms. The highest BCUT2D eigenvalue weighted by molar-refractivity contribution is 7.15. The second-order valence-electron chi connectivity index (χ2n) is 7.49. The summed E-state index contributed by atoms with van der Waals surface area (Å²) in [6.07, 6.45) is 0.773. The molecule has 1 aliphatic heterocycles. The first-order valence-corrected chi connectivity index (χ1v) is 10.7. The van der Waals surface area contributed by atoms with E-state index in [9.17, 15) is 9.59 Å². The van der Waals surface area contributed by atoms with Crippen molar-refractivity contribution in [1.29, 1.82) is 0 Å². The summed E-state index contributed by atoms with van der Waals surface area (Å²) >= 11 is 1.26. The van der Waals surface area contributed by atoms with Crippen LogP contribution in [0.15, 0.2) is 24.3 Å². The lowest BCUT2D eigenvalue weighted by Gasteiger charge is -2.32. The van der Waals surface area contributed by atoms with Crippen molar-refractivity contribution in [2.75, 3.05) is 18.5 Å². The Hall–Kier alpha value is -2.91. The summed E-state index contributed by atoms with van der Waals surface area (Å²) < 4.78 is 5.40. The van der Waals surface area contributed by atoms with Crippen molar-refractivity contribution in [2.24, 2.45) is 0 Å². The Morgan fingerprint density at radius 3 is 2.80 bits per heavy atom. The monoisotopic (exact) mass is 425 g/mol. The van der Waals surface area contributed by atoms with Crippen LogP contribution in [0.2, 0.25) is 0 Å². The third kappa shape index (κ3) is 4.17. The molecule has 30 heavy (non-hydrogen) atoms. The first-order valence-electron chi connectivity index (χ1n) is 9.84. The minimum absolute atomic E-state index is 0.356. The average Bonchev–Trinajstić information content (AvgIpc) is 3.14. The number of carbonyl (C=O) groups is 2. The highest BCUT2D eigenvalue weighted by atomic mass is 32.1. The molecule has 156 valence electrons. The van der Waals surface area contributed by atoms with Crippen molar-refractivity contribution in [1.82, 2.24) is 20.1 Å². The Bertz CT molecular complexity index is 1110. The van der Waals surface area contributed by atoms with Crippen LogP contribution < -0.4 is 5.32 Å². The second-order valence-corrected chi connectivity index (χ2v) is 8.68. The normalized spacial score (nSPS) is 14.0. The van der Waals surface area contributed by atoms with Crippen LogP contribution in [0.25, 0.3) is 10.9 Å². The van der Waals surface area contributed by atoms with Gasteiger partial charge in [-0.25, -0.2) is 4.79 Å². The van der Waals surface area contributed by atoms with Crippen molar-refractivity contribution >= 4 is 39.2 Å². The minimum atomic E-state index is -0.515. The van der Waals surface area contributed by atoms with Crippen molar-refractivity contribution in [3.05, 3.63) is 46.1 Å². The van der Waals surface area contributed by atoms with Gasteiger partial charge >= 0.3 is 5.97 Å². The summed E-state index contributed by atoms with van der Waals surface area (Å²) in [5.74, 6) is -0.963. The number of hydrogen-bond donors (Lipinski definition) is 1. The van der Waals surface area contributed by atoms with Gasteiger partial charge in [0.05, 0.1) is 11.1 Å². The van der Waals surface area contributed by atoms with E-state index < -0.39 is 18.5 Å². The number of pyridine rings is 1. The lowest BCUT2D eigenvalue weighted by molar-refractivity contribution is -0.119. The van der Waals surface area contributed by atoms with Gasteiger partial charge in [-0.3, -0.25) is 20.0 Å². The number of nitrogens with zero attached hydrogens (tertiary/aromatic N) is 4. The average molecular weight is 426 g/mol. The lowest BCUT2D eigenvalue weighted by atomic mass is 9.95. The minimum Gasteiger partial charge on any atom is -0.452 e. The van der Waals surface area contributed by atoms with E-state index in [0.29, 0.717) is 23.3 Å². The molecule has 1 N–H and O–H groups in total. The molecule has 0 aliphatic carbocycles. The van der Waals surface area contributed by atoms with E-state index in [1.54, 1.807) is 6.92 Å². The van der Waals surface area contributed by atoms with E-state index in [0.717, 1.165) is 40.1 Å². The van der Waals surface area contributed by atoms with Gasteiger partial charge in [0, 0.05) is 42.2 Å². The van der Waals surface area contributed by atoms with Crippen LogP contribution in [-0.2, 0) is 22.5 Å². The van der Waals surface area contributed by atoms with Crippen LogP contribution >= 0.6 is 11.3 Å². The van der Waals surface area contributed by atoms with E-state index in [4.69, 9.17) is 9.72 Å². The van der Waals surface area contributed by atoms with Crippen LogP contribution in [0.4, 0.5) is 5.13 Å². The Morgan fingerprint density at radius 2 is 2.07 bits per heavy atom. The van der Waals surface area contributed by atoms with Crippen molar-refractivity contribution in [3.63, 3.8) is 0 Å². The van der Waals surface area contributed by atoms with Gasteiger partial charge in [-0.15, -0.1) is 10.2 Å². The first-order chi connectivity index (χ1) is 14.4. The molecule has 0 saturated heterocycles. The number of amides is 1. The van der Waals surface area contributed by atoms with E-state index in [1.807, 2.05) is 24.3 Å². The van der Waals surface area contributed by atoms with Gasteiger partial charge in [0.1, 0.15) is 5.01 Å². The maximum Gasteiger partial charge on any atom is 0.339 e. The molecule has 0 unspecified atom stereocenters. The van der Waals surface area contributed by atoms with Crippen molar-refractivity contribution in [3.8, 4) is 0 Å². The van der Waals surface area contributed by atoms with Crippen molar-refractivity contribution < 1.29 is 14.3 Å². The number of rotatable bonds is 5. The summed E-state index contributed by atoms with van der Waals surface area (Å²) in [6, 6.07) is 7.90. The van der Waals surface area contributed by atoms with Gasteiger partial charge in [0.2, 0.25) is 5.13 Å². The molecule has 8 nitrogen and oxygen atoms in total. The zero-order chi connectivity index (χ0) is 21.3. The van der Waals surface area contributed by atoms with Gasteiger partial charge < -0.3 is 4.74 Å². The number of fused-ring (bicyclic) bond motifs is 2. The van der Waals surface area contributed by atoms with Crippen LogP contribution in [0.5, 0.6) is 0 Å². The fraction of sp³-hybridized carbons (Fsp3) is 0.381. The highest BCUT2D eigenvalue weighted by Crippen LogP contribution is 2.29. The molecule has 0 bridgehead atoms. The summed E-state index contributed by atoms with van der Waals surface area (Å²) in [5.41, 5.74) is 3.07. The number of para-hydroxylation sites is 1. The van der Waals surface area contributed by atoms with Gasteiger partial charge in [-0.05, 0) is 26.8 Å². The zero-order valence-corrected chi connectivity index (χ0v) is 18.0. The molecule has 1 amide bonds. The smallest absolute Gasteiger partial charge is 0.339 e. The molecule has 0 saturated carbocycles. The predicted octanol–water partition coefficient (Wildman–Crippen LogP) is 2.96. The quantitative estimate of drug-likeness (QED) is 0.628. The second kappa shape index (κ2) is 8.45. The first kappa shape index (κ1) is 20.4. The number of benzene rings is 1. The van der Waals surface area contributed by atoms with E-state index in [-0.39, 0.29) is 0 Å². The van der Waals surface area contributed by atoms with E-state index in [2.05, 4.69) is 34.3 Å². The molecule has 3 heterocycles. The SMILES string of the molecule is Cc1nnc(NC(=O)COC(=O)c2c3c(nc4ccccc24)CCN(C(C)C)C3)s1. The molecule has 3 aromatic rings. The fourth-order valence-corrected chi connectivity index (χ4v) is 4.20. The predicted molar refractivity (Wildman–Crippen MR) is 115 cm³/mol. The lowest BCUT2D eigenvalue weighted by Crippen LogP contribution is -2.37. The number of ether oxygens (including phenoxy) is 1. The molecule has 2 aromatic heterocycles. The standard InChI is InChI=1S/C21H23N5O3S/c1-12(2)26-9-8-17-15(10-26)19(14-6-4-5-7-16(14)22-17)20(28)29-11-18(27)23-21-25-24-13(3)30-21/h4-7,12H,8-11H2,1-3H3,(H,23,25,27). The third-order valence-electron chi connectivity index (χ3n) is 5.12. The van der Waals surface area contributed by atoms with Crippen LogP contribution in [-0.4, -0.2) is 51.2 Å². The Labute approximate surface area is 178 Å². The highest BCUT2D eigenvalue weighted by Gasteiger charge is 2.27. The fourth-order valence-electron chi connectivity index (χ4n) is 3.59. The Morgan fingerprint density at radius 1 is 1.27 bits per heavy atom. The largest absolute Gasteiger partial charge is 0.452 e. The van der Waals surface area contributed by atoms with Crippen molar-refractivity contribution in [2.45, 2.75) is 39.8 Å². The number of nitrogens with one attached hydrogen (secondary N) is 1. The molecule has 1 aliphatic rings. The van der Waals surface area contributed by atoms with Gasteiger partial charge in [0.25, 0.3) is 5.91 Å². The molecule has 1 aromatic carbocycles. The van der Waals surface area contributed by atoms with E-state index >= 15 is 0 Å². The van der Waals surface area contributed by atoms with Crippen LogP contribution in [0.1, 0.15) is 40.5 Å². The van der Waals surface area contributed by atoms with Gasteiger partial charge in [-0.2, -0.15) is 0 Å². The summed E-state index contributed by atoms with van der Waals surface area (Å²) in [4.78, 5) is 32.4. The molecule has 0 radical (unpaired) electrons. The van der Waals surface area contributed by atoms with Crippen LogP contribution in [0, 0.1) is 6.92 Å². The number of anilines is 1. The number of aromatic nitrogens is 3. The molecule has 4 rings (SSSR count).